The summed E-state index contributed by atoms with van der Waals surface area (Å²) in [6, 6.07) is 12.1. The lowest BCUT2D eigenvalue weighted by molar-refractivity contribution is 0.187. The highest BCUT2D eigenvalue weighted by Gasteiger charge is 2.16. The monoisotopic (exact) mass is 360 g/mol. The Morgan fingerprint density at radius 2 is 2.11 bits per heavy atom. The summed E-state index contributed by atoms with van der Waals surface area (Å²) in [5.41, 5.74) is 2.70. The van der Waals surface area contributed by atoms with Gasteiger partial charge in [-0.2, -0.15) is 5.10 Å². The number of aromatic amines is 1. The van der Waals surface area contributed by atoms with E-state index in [2.05, 4.69) is 42.9 Å². The molecule has 4 heterocycles. The van der Waals surface area contributed by atoms with Crippen molar-refractivity contribution in [1.82, 2.24) is 20.2 Å². The van der Waals surface area contributed by atoms with Crippen LogP contribution in [0.5, 0.6) is 0 Å². The fraction of sp³-hybridized carbons (Fsp3) is 0.250. The first-order chi connectivity index (χ1) is 13.4. The molecule has 1 aliphatic heterocycles. The van der Waals surface area contributed by atoms with Crippen LogP contribution in [-0.4, -0.2) is 39.9 Å². The number of hydrogen-bond donors (Lipinski definition) is 3. The SMILES string of the molecule is c1cnc2c(Nc3ccc4c(NCC5CCOC5)nccc4c3)n[nH]c2c1. The number of nitrogens with zero attached hydrogens (tertiary/aromatic N) is 3. The number of ether oxygens (including phenoxy) is 1. The summed E-state index contributed by atoms with van der Waals surface area (Å²) in [4.78, 5) is 8.90. The summed E-state index contributed by atoms with van der Waals surface area (Å²) in [6.45, 7) is 2.58. The number of anilines is 3. The second-order valence-corrected chi connectivity index (χ2v) is 6.80. The molecular weight excluding hydrogens is 340 g/mol. The lowest BCUT2D eigenvalue weighted by Crippen LogP contribution is -2.14. The summed E-state index contributed by atoms with van der Waals surface area (Å²) < 4.78 is 5.45. The highest BCUT2D eigenvalue weighted by molar-refractivity contribution is 5.95. The molecule has 3 N–H and O–H groups in total. The molecule has 7 nitrogen and oxygen atoms in total. The molecule has 7 heteroatoms. The molecule has 4 aromatic rings. The van der Waals surface area contributed by atoms with Crippen LogP contribution in [0.3, 0.4) is 0 Å². The Morgan fingerprint density at radius 3 is 3.04 bits per heavy atom. The van der Waals surface area contributed by atoms with Crippen LogP contribution in [-0.2, 0) is 4.74 Å². The normalized spacial score (nSPS) is 16.8. The number of H-pyrrole nitrogens is 1. The minimum atomic E-state index is 0.559. The zero-order valence-corrected chi connectivity index (χ0v) is 14.8. The molecule has 0 aliphatic carbocycles. The molecule has 1 aliphatic rings. The average molecular weight is 360 g/mol. The van der Waals surface area contributed by atoms with Crippen molar-refractivity contribution in [3.63, 3.8) is 0 Å². The van der Waals surface area contributed by atoms with Gasteiger partial charge in [-0.05, 0) is 48.2 Å². The van der Waals surface area contributed by atoms with Crippen LogP contribution in [0.2, 0.25) is 0 Å². The number of pyridine rings is 2. The average Bonchev–Trinajstić information content (AvgIpc) is 3.36. The molecule has 1 saturated heterocycles. The van der Waals surface area contributed by atoms with Crippen molar-refractivity contribution in [1.29, 1.82) is 0 Å². The first-order valence-electron chi connectivity index (χ1n) is 9.13. The van der Waals surface area contributed by atoms with Crippen LogP contribution in [0.4, 0.5) is 17.3 Å². The van der Waals surface area contributed by atoms with Crippen LogP contribution < -0.4 is 10.6 Å². The summed E-state index contributed by atoms with van der Waals surface area (Å²) >= 11 is 0. The third kappa shape index (κ3) is 3.17. The van der Waals surface area contributed by atoms with Crippen molar-refractivity contribution >= 4 is 39.1 Å². The fourth-order valence-electron chi connectivity index (χ4n) is 3.46. The molecule has 0 radical (unpaired) electrons. The molecule has 0 amide bonds. The van der Waals surface area contributed by atoms with Crippen molar-refractivity contribution in [2.75, 3.05) is 30.4 Å². The zero-order valence-electron chi connectivity index (χ0n) is 14.8. The van der Waals surface area contributed by atoms with Gasteiger partial charge in [0.1, 0.15) is 11.3 Å². The third-order valence-electron chi connectivity index (χ3n) is 4.93. The van der Waals surface area contributed by atoms with Gasteiger partial charge in [0, 0.05) is 42.5 Å². The molecule has 27 heavy (non-hydrogen) atoms. The standard InChI is InChI=1S/C20H20N6O/c1-2-17-18(21-7-1)20(26-25-17)24-15-3-4-16-14(10-15)5-8-22-19(16)23-11-13-6-9-27-12-13/h1-5,7-8,10,13H,6,9,11-12H2,(H,22,23)(H2,24,25,26). The van der Waals surface area contributed by atoms with E-state index in [0.29, 0.717) is 5.92 Å². The number of hydrogen-bond acceptors (Lipinski definition) is 6. The zero-order chi connectivity index (χ0) is 18.1. The van der Waals surface area contributed by atoms with Crippen LogP contribution >= 0.6 is 0 Å². The van der Waals surface area contributed by atoms with Crippen molar-refractivity contribution in [2.24, 2.45) is 5.92 Å². The van der Waals surface area contributed by atoms with E-state index in [-0.39, 0.29) is 0 Å². The van der Waals surface area contributed by atoms with E-state index < -0.39 is 0 Å². The number of nitrogens with one attached hydrogen (secondary N) is 3. The molecule has 0 bridgehead atoms. The lowest BCUT2D eigenvalue weighted by Gasteiger charge is -2.13. The predicted octanol–water partition coefficient (Wildman–Crippen LogP) is 3.70. The van der Waals surface area contributed by atoms with Crippen molar-refractivity contribution < 1.29 is 4.74 Å². The first-order valence-corrected chi connectivity index (χ1v) is 9.13. The summed E-state index contributed by atoms with van der Waals surface area (Å²) in [6.07, 6.45) is 4.71. The molecule has 0 saturated carbocycles. The number of rotatable bonds is 5. The Hall–Kier alpha value is -3.19. The summed E-state index contributed by atoms with van der Waals surface area (Å²) in [5, 5.41) is 16.4. The van der Waals surface area contributed by atoms with E-state index in [0.717, 1.165) is 65.3 Å². The highest BCUT2D eigenvalue weighted by atomic mass is 16.5. The molecule has 1 unspecified atom stereocenters. The molecule has 1 fully saturated rings. The third-order valence-corrected chi connectivity index (χ3v) is 4.93. The van der Waals surface area contributed by atoms with Crippen LogP contribution in [0.15, 0.2) is 48.8 Å². The maximum atomic E-state index is 5.45. The van der Waals surface area contributed by atoms with Crippen molar-refractivity contribution in [2.45, 2.75) is 6.42 Å². The Balaban J connectivity index is 1.40. The molecule has 5 rings (SSSR count). The van der Waals surface area contributed by atoms with Crippen LogP contribution in [0.25, 0.3) is 21.8 Å². The number of fused-ring (bicyclic) bond motifs is 2. The van der Waals surface area contributed by atoms with E-state index in [4.69, 9.17) is 4.74 Å². The fourth-order valence-corrected chi connectivity index (χ4v) is 3.46. The Labute approximate surface area is 156 Å². The second-order valence-electron chi connectivity index (χ2n) is 6.80. The van der Waals surface area contributed by atoms with E-state index in [1.54, 1.807) is 6.20 Å². The van der Waals surface area contributed by atoms with Gasteiger partial charge in [0.05, 0.1) is 12.1 Å². The van der Waals surface area contributed by atoms with Gasteiger partial charge in [0.2, 0.25) is 0 Å². The maximum Gasteiger partial charge on any atom is 0.178 e. The van der Waals surface area contributed by atoms with Gasteiger partial charge in [-0.25, -0.2) is 4.98 Å². The molecule has 136 valence electrons. The Kier molecular flexibility index (Phi) is 4.06. The Bertz CT molecular complexity index is 1090. The molecule has 0 spiro atoms. The van der Waals surface area contributed by atoms with Gasteiger partial charge >= 0.3 is 0 Å². The molecule has 1 atom stereocenters. The van der Waals surface area contributed by atoms with Crippen molar-refractivity contribution in [3.8, 4) is 0 Å². The quantitative estimate of drug-likeness (QED) is 0.503. The molecule has 1 aromatic carbocycles. The number of aromatic nitrogens is 4. The molecule has 3 aromatic heterocycles. The Morgan fingerprint density at radius 1 is 1.11 bits per heavy atom. The molecular formula is C20H20N6O. The van der Waals surface area contributed by atoms with Gasteiger partial charge in [-0.1, -0.05) is 0 Å². The second kappa shape index (κ2) is 6.85. The van der Waals surface area contributed by atoms with Crippen LogP contribution in [0.1, 0.15) is 6.42 Å². The van der Waals surface area contributed by atoms with E-state index in [1.165, 1.54) is 0 Å². The van der Waals surface area contributed by atoms with Gasteiger partial charge in [-0.3, -0.25) is 10.1 Å². The predicted molar refractivity (Wildman–Crippen MR) is 106 cm³/mol. The van der Waals surface area contributed by atoms with Crippen molar-refractivity contribution in [3.05, 3.63) is 48.8 Å². The smallest absolute Gasteiger partial charge is 0.178 e. The van der Waals surface area contributed by atoms with E-state index in [9.17, 15) is 0 Å². The minimum absolute atomic E-state index is 0.559. The lowest BCUT2D eigenvalue weighted by atomic mass is 10.1. The van der Waals surface area contributed by atoms with E-state index >= 15 is 0 Å². The number of benzene rings is 1. The van der Waals surface area contributed by atoms with E-state index in [1.807, 2.05) is 30.5 Å². The van der Waals surface area contributed by atoms with Gasteiger partial charge in [-0.15, -0.1) is 0 Å². The van der Waals surface area contributed by atoms with Gasteiger partial charge < -0.3 is 15.4 Å². The highest BCUT2D eigenvalue weighted by Crippen LogP contribution is 2.28. The van der Waals surface area contributed by atoms with Gasteiger partial charge in [0.25, 0.3) is 0 Å². The largest absolute Gasteiger partial charge is 0.381 e. The summed E-state index contributed by atoms with van der Waals surface area (Å²) in [5.74, 6) is 2.19. The first kappa shape index (κ1) is 16.0. The summed E-state index contributed by atoms with van der Waals surface area (Å²) in [7, 11) is 0. The maximum absolute atomic E-state index is 5.45. The van der Waals surface area contributed by atoms with Gasteiger partial charge in [0.15, 0.2) is 5.82 Å². The van der Waals surface area contributed by atoms with Crippen LogP contribution in [0, 0.1) is 5.92 Å². The topological polar surface area (TPSA) is 87.8 Å². The minimum Gasteiger partial charge on any atom is -0.381 e.